The van der Waals surface area contributed by atoms with Crippen molar-refractivity contribution < 1.29 is 14.6 Å². The van der Waals surface area contributed by atoms with Crippen molar-refractivity contribution in [3.8, 4) is 0 Å². The zero-order valence-electron chi connectivity index (χ0n) is 11.2. The topological polar surface area (TPSA) is 61.8 Å². The molecule has 0 bridgehead atoms. The highest BCUT2D eigenvalue weighted by Gasteiger charge is 2.31. The molecule has 5 nitrogen and oxygen atoms in total. The zero-order chi connectivity index (χ0) is 13.1. The lowest BCUT2D eigenvalue weighted by molar-refractivity contribution is 0.0240. The summed E-state index contributed by atoms with van der Waals surface area (Å²) in [6.45, 7) is 4.66. The van der Waals surface area contributed by atoms with Gasteiger partial charge < -0.3 is 20.1 Å². The van der Waals surface area contributed by atoms with Crippen LogP contribution < -0.4 is 5.32 Å². The Morgan fingerprint density at radius 2 is 2.18 bits per heavy atom. The fraction of sp³-hybridized carbons (Fsp3) is 0.917. The molecular formula is C12H24N2O3. The third-order valence-electron chi connectivity index (χ3n) is 3.19. The SMILES string of the molecule is COC(C)(C)CNC(=O)N(C)CC(O)C1CC1. The molecule has 2 amide bonds. The molecule has 5 heteroatoms. The van der Waals surface area contributed by atoms with Crippen molar-refractivity contribution in [2.24, 2.45) is 5.92 Å². The molecule has 0 aliphatic heterocycles. The van der Waals surface area contributed by atoms with E-state index >= 15 is 0 Å². The predicted molar refractivity (Wildman–Crippen MR) is 65.8 cm³/mol. The molecule has 0 aromatic heterocycles. The molecule has 0 radical (unpaired) electrons. The molecule has 17 heavy (non-hydrogen) atoms. The van der Waals surface area contributed by atoms with E-state index in [2.05, 4.69) is 5.32 Å². The van der Waals surface area contributed by atoms with Crippen LogP contribution in [0.25, 0.3) is 0 Å². The van der Waals surface area contributed by atoms with Gasteiger partial charge in [-0.05, 0) is 32.6 Å². The number of hydrogen-bond acceptors (Lipinski definition) is 3. The van der Waals surface area contributed by atoms with Crippen molar-refractivity contribution in [2.75, 3.05) is 27.2 Å². The van der Waals surface area contributed by atoms with Crippen LogP contribution in [-0.4, -0.2) is 55.0 Å². The number of carbonyl (C=O) groups excluding carboxylic acids is 1. The maximum Gasteiger partial charge on any atom is 0.317 e. The van der Waals surface area contributed by atoms with Crippen molar-refractivity contribution in [1.29, 1.82) is 0 Å². The highest BCUT2D eigenvalue weighted by Crippen LogP contribution is 2.32. The number of aliphatic hydroxyl groups is 1. The molecule has 1 aliphatic rings. The highest BCUT2D eigenvalue weighted by molar-refractivity contribution is 5.73. The van der Waals surface area contributed by atoms with Gasteiger partial charge in [0.15, 0.2) is 0 Å². The number of ether oxygens (including phenoxy) is 1. The lowest BCUT2D eigenvalue weighted by Crippen LogP contribution is -2.47. The summed E-state index contributed by atoms with van der Waals surface area (Å²) in [5.74, 6) is 0.390. The molecule has 1 rings (SSSR count). The average Bonchev–Trinajstić information content (AvgIpc) is 3.09. The molecule has 1 unspecified atom stereocenters. The number of likely N-dealkylation sites (N-methyl/N-ethyl adjacent to an activating group) is 1. The van der Waals surface area contributed by atoms with E-state index in [9.17, 15) is 9.90 Å². The van der Waals surface area contributed by atoms with Crippen LogP contribution in [0, 0.1) is 5.92 Å². The summed E-state index contributed by atoms with van der Waals surface area (Å²) in [5.41, 5.74) is -0.369. The van der Waals surface area contributed by atoms with Crippen LogP contribution in [0.4, 0.5) is 4.79 Å². The van der Waals surface area contributed by atoms with Crippen LogP contribution in [0.2, 0.25) is 0 Å². The van der Waals surface area contributed by atoms with E-state index in [0.717, 1.165) is 12.8 Å². The van der Waals surface area contributed by atoms with E-state index in [1.54, 1.807) is 14.2 Å². The van der Waals surface area contributed by atoms with Gasteiger partial charge in [-0.2, -0.15) is 0 Å². The van der Waals surface area contributed by atoms with Gasteiger partial charge in [0.1, 0.15) is 0 Å². The van der Waals surface area contributed by atoms with Crippen molar-refractivity contribution in [1.82, 2.24) is 10.2 Å². The summed E-state index contributed by atoms with van der Waals surface area (Å²) in [5, 5.41) is 12.5. The van der Waals surface area contributed by atoms with Gasteiger partial charge in [0.25, 0.3) is 0 Å². The minimum atomic E-state index is -0.388. The second-order valence-electron chi connectivity index (χ2n) is 5.41. The van der Waals surface area contributed by atoms with E-state index in [4.69, 9.17) is 4.74 Å². The number of nitrogens with zero attached hydrogens (tertiary/aromatic N) is 1. The molecule has 1 saturated carbocycles. The fourth-order valence-corrected chi connectivity index (χ4v) is 1.49. The first-order valence-electron chi connectivity index (χ1n) is 6.08. The Morgan fingerprint density at radius 1 is 1.59 bits per heavy atom. The summed E-state index contributed by atoms with van der Waals surface area (Å²) in [6, 6.07) is -0.171. The number of amides is 2. The van der Waals surface area contributed by atoms with E-state index in [-0.39, 0.29) is 17.7 Å². The van der Waals surface area contributed by atoms with E-state index in [1.807, 2.05) is 13.8 Å². The maximum atomic E-state index is 11.7. The van der Waals surface area contributed by atoms with Crippen molar-refractivity contribution in [3.63, 3.8) is 0 Å². The third kappa shape index (κ3) is 4.91. The van der Waals surface area contributed by atoms with Crippen LogP contribution >= 0.6 is 0 Å². The van der Waals surface area contributed by atoms with E-state index in [0.29, 0.717) is 19.0 Å². The normalized spacial score (nSPS) is 17.7. The largest absolute Gasteiger partial charge is 0.391 e. The van der Waals surface area contributed by atoms with E-state index < -0.39 is 0 Å². The predicted octanol–water partition coefficient (Wildman–Crippen LogP) is 0.824. The zero-order valence-corrected chi connectivity index (χ0v) is 11.2. The molecule has 0 aromatic carbocycles. The molecule has 1 aliphatic carbocycles. The summed E-state index contributed by atoms with van der Waals surface area (Å²) in [6.07, 6.45) is 1.77. The summed E-state index contributed by atoms with van der Waals surface area (Å²) >= 11 is 0. The van der Waals surface area contributed by atoms with Crippen molar-refractivity contribution in [3.05, 3.63) is 0 Å². The number of hydrogen-bond donors (Lipinski definition) is 2. The van der Waals surface area contributed by atoms with Crippen LogP contribution in [0.1, 0.15) is 26.7 Å². The molecule has 2 N–H and O–H groups in total. The number of urea groups is 1. The van der Waals surface area contributed by atoms with Gasteiger partial charge in [-0.25, -0.2) is 4.79 Å². The first-order chi connectivity index (χ1) is 7.85. The Balaban J connectivity index is 2.26. The number of nitrogens with one attached hydrogen (secondary N) is 1. The number of aliphatic hydroxyl groups excluding tert-OH is 1. The molecule has 0 heterocycles. The minimum Gasteiger partial charge on any atom is -0.391 e. The van der Waals surface area contributed by atoms with Crippen molar-refractivity contribution in [2.45, 2.75) is 38.4 Å². The standard InChI is InChI=1S/C12H24N2O3/c1-12(2,17-4)8-13-11(16)14(3)7-10(15)9-5-6-9/h9-10,15H,5-8H2,1-4H3,(H,13,16). The lowest BCUT2D eigenvalue weighted by atomic mass is 10.1. The molecule has 0 aromatic rings. The molecule has 100 valence electrons. The Bertz CT molecular complexity index is 264. The molecule has 0 spiro atoms. The average molecular weight is 244 g/mol. The Labute approximate surface area is 103 Å². The monoisotopic (exact) mass is 244 g/mol. The van der Waals surface area contributed by atoms with Crippen LogP contribution in [-0.2, 0) is 4.74 Å². The van der Waals surface area contributed by atoms with Gasteiger partial charge in [-0.3, -0.25) is 0 Å². The van der Waals surface area contributed by atoms with Gasteiger partial charge in [0, 0.05) is 27.2 Å². The number of methoxy groups -OCH3 is 1. The molecule has 1 fully saturated rings. The van der Waals surface area contributed by atoms with Crippen LogP contribution in [0.3, 0.4) is 0 Å². The minimum absolute atomic E-state index is 0.171. The van der Waals surface area contributed by atoms with Gasteiger partial charge in [-0.15, -0.1) is 0 Å². The second-order valence-corrected chi connectivity index (χ2v) is 5.41. The van der Waals surface area contributed by atoms with Gasteiger partial charge in [0.05, 0.1) is 11.7 Å². The van der Waals surface area contributed by atoms with Gasteiger partial charge in [0.2, 0.25) is 0 Å². The molecule has 0 saturated heterocycles. The first-order valence-corrected chi connectivity index (χ1v) is 6.08. The number of rotatable bonds is 6. The maximum absolute atomic E-state index is 11.7. The molecular weight excluding hydrogens is 220 g/mol. The quantitative estimate of drug-likeness (QED) is 0.727. The van der Waals surface area contributed by atoms with Crippen LogP contribution in [0.5, 0.6) is 0 Å². The lowest BCUT2D eigenvalue weighted by Gasteiger charge is -2.26. The fourth-order valence-electron chi connectivity index (χ4n) is 1.49. The second kappa shape index (κ2) is 5.69. The first kappa shape index (κ1) is 14.3. The number of carbonyl (C=O) groups is 1. The summed E-state index contributed by atoms with van der Waals surface area (Å²) in [4.78, 5) is 13.3. The third-order valence-corrected chi connectivity index (χ3v) is 3.19. The van der Waals surface area contributed by atoms with Crippen LogP contribution in [0.15, 0.2) is 0 Å². The highest BCUT2D eigenvalue weighted by atomic mass is 16.5. The summed E-state index contributed by atoms with van der Waals surface area (Å²) in [7, 11) is 3.31. The smallest absolute Gasteiger partial charge is 0.317 e. The molecule has 1 atom stereocenters. The van der Waals surface area contributed by atoms with Crippen molar-refractivity contribution >= 4 is 6.03 Å². The van der Waals surface area contributed by atoms with Gasteiger partial charge >= 0.3 is 6.03 Å². The Kier molecular flexibility index (Phi) is 4.77. The van der Waals surface area contributed by atoms with Gasteiger partial charge in [-0.1, -0.05) is 0 Å². The summed E-state index contributed by atoms with van der Waals surface area (Å²) < 4.78 is 5.21. The Morgan fingerprint density at radius 3 is 2.65 bits per heavy atom. The van der Waals surface area contributed by atoms with E-state index in [1.165, 1.54) is 4.90 Å². The Hall–Kier alpha value is -0.810.